The Kier molecular flexibility index (Phi) is 13.1. The Morgan fingerprint density at radius 3 is 1.94 bits per heavy atom. The zero-order valence-electron chi connectivity index (χ0n) is 12.1. The van der Waals surface area contributed by atoms with E-state index in [1.807, 2.05) is 0 Å². The van der Waals surface area contributed by atoms with E-state index >= 15 is 0 Å². The van der Waals surface area contributed by atoms with Crippen molar-refractivity contribution in [3.05, 3.63) is 0 Å². The van der Waals surface area contributed by atoms with E-state index in [0.29, 0.717) is 13.0 Å². The van der Waals surface area contributed by atoms with E-state index in [1.54, 1.807) is 21.3 Å². The lowest BCUT2D eigenvalue weighted by molar-refractivity contribution is -0.189. The van der Waals surface area contributed by atoms with Gasteiger partial charge in [-0.05, 0) is 19.3 Å². The Balaban J connectivity index is 3.49. The standard InChI is InChI=1S/C13H28O5/c1-5-8-17-9-6-7-10-18-13(16-4)11-12(14-2)15-3/h12-13H,5-11H2,1-4H3. The van der Waals surface area contributed by atoms with Gasteiger partial charge in [-0.25, -0.2) is 0 Å². The largest absolute Gasteiger partial charge is 0.381 e. The summed E-state index contributed by atoms with van der Waals surface area (Å²) in [6.07, 6.45) is 3.03. The summed E-state index contributed by atoms with van der Waals surface area (Å²) in [6.45, 7) is 4.40. The average Bonchev–Trinajstić information content (AvgIpc) is 2.41. The first-order valence-electron chi connectivity index (χ1n) is 6.56. The van der Waals surface area contributed by atoms with E-state index in [1.165, 1.54) is 0 Å². The van der Waals surface area contributed by atoms with Crippen molar-refractivity contribution in [2.45, 2.75) is 45.2 Å². The molecule has 0 aromatic carbocycles. The first-order valence-corrected chi connectivity index (χ1v) is 6.56. The van der Waals surface area contributed by atoms with E-state index in [2.05, 4.69) is 6.92 Å². The molecule has 5 nitrogen and oxygen atoms in total. The predicted octanol–water partition coefficient (Wildman–Crippen LogP) is 2.19. The topological polar surface area (TPSA) is 46.2 Å². The van der Waals surface area contributed by atoms with Crippen molar-refractivity contribution in [3.63, 3.8) is 0 Å². The van der Waals surface area contributed by atoms with Crippen molar-refractivity contribution in [2.75, 3.05) is 41.2 Å². The van der Waals surface area contributed by atoms with Crippen LogP contribution in [0.4, 0.5) is 0 Å². The monoisotopic (exact) mass is 264 g/mol. The predicted molar refractivity (Wildman–Crippen MR) is 69.5 cm³/mol. The molecule has 0 aliphatic rings. The first-order chi connectivity index (χ1) is 8.78. The first kappa shape index (κ1) is 17.8. The third-order valence-electron chi connectivity index (χ3n) is 2.51. The van der Waals surface area contributed by atoms with Crippen molar-refractivity contribution < 1.29 is 23.7 Å². The Morgan fingerprint density at radius 1 is 0.778 bits per heavy atom. The van der Waals surface area contributed by atoms with Crippen LogP contribution in [-0.4, -0.2) is 53.7 Å². The van der Waals surface area contributed by atoms with Crippen LogP contribution >= 0.6 is 0 Å². The third kappa shape index (κ3) is 9.79. The molecule has 0 saturated heterocycles. The molecule has 0 spiro atoms. The molecular weight excluding hydrogens is 236 g/mol. The van der Waals surface area contributed by atoms with Crippen LogP contribution in [0.3, 0.4) is 0 Å². The van der Waals surface area contributed by atoms with Gasteiger partial charge in [0.05, 0.1) is 0 Å². The van der Waals surface area contributed by atoms with Gasteiger partial charge in [0, 0.05) is 47.6 Å². The summed E-state index contributed by atoms with van der Waals surface area (Å²) < 4.78 is 26.4. The van der Waals surface area contributed by atoms with Gasteiger partial charge in [0.2, 0.25) is 0 Å². The molecule has 0 fully saturated rings. The van der Waals surface area contributed by atoms with Crippen LogP contribution in [0.2, 0.25) is 0 Å². The lowest BCUT2D eigenvalue weighted by Gasteiger charge is -2.20. The molecule has 0 rings (SSSR count). The maximum absolute atomic E-state index is 5.59. The molecule has 5 heteroatoms. The van der Waals surface area contributed by atoms with Gasteiger partial charge in [0.1, 0.15) is 0 Å². The number of unbranched alkanes of at least 4 members (excludes halogenated alkanes) is 1. The molecule has 0 saturated carbocycles. The molecule has 18 heavy (non-hydrogen) atoms. The van der Waals surface area contributed by atoms with Gasteiger partial charge in [0.25, 0.3) is 0 Å². The Bertz CT molecular complexity index is 161. The molecule has 0 aromatic heterocycles. The highest BCUT2D eigenvalue weighted by molar-refractivity contribution is 4.50. The van der Waals surface area contributed by atoms with Crippen LogP contribution in [0.1, 0.15) is 32.6 Å². The summed E-state index contributed by atoms with van der Waals surface area (Å²) in [5.74, 6) is 0. The highest BCUT2D eigenvalue weighted by atomic mass is 16.7. The van der Waals surface area contributed by atoms with E-state index in [-0.39, 0.29) is 12.6 Å². The fraction of sp³-hybridized carbons (Fsp3) is 1.00. The minimum atomic E-state index is -0.289. The number of hydrogen-bond donors (Lipinski definition) is 0. The number of methoxy groups -OCH3 is 3. The van der Waals surface area contributed by atoms with Gasteiger partial charge in [-0.3, -0.25) is 0 Å². The van der Waals surface area contributed by atoms with Gasteiger partial charge in [-0.1, -0.05) is 6.92 Å². The maximum Gasteiger partial charge on any atom is 0.162 e. The SMILES string of the molecule is CCCOCCCCOC(CC(OC)OC)OC. The van der Waals surface area contributed by atoms with E-state index in [9.17, 15) is 0 Å². The van der Waals surface area contributed by atoms with Gasteiger partial charge < -0.3 is 23.7 Å². The highest BCUT2D eigenvalue weighted by Crippen LogP contribution is 2.08. The zero-order chi connectivity index (χ0) is 13.6. The molecule has 1 unspecified atom stereocenters. The molecular formula is C13H28O5. The summed E-state index contributed by atoms with van der Waals surface area (Å²) in [6, 6.07) is 0. The van der Waals surface area contributed by atoms with E-state index in [0.717, 1.165) is 32.5 Å². The fourth-order valence-corrected chi connectivity index (χ4v) is 1.45. The molecule has 0 radical (unpaired) electrons. The van der Waals surface area contributed by atoms with Crippen LogP contribution < -0.4 is 0 Å². The van der Waals surface area contributed by atoms with Crippen LogP contribution in [0.15, 0.2) is 0 Å². The maximum atomic E-state index is 5.59. The van der Waals surface area contributed by atoms with Crippen molar-refractivity contribution in [3.8, 4) is 0 Å². The van der Waals surface area contributed by atoms with Gasteiger partial charge >= 0.3 is 0 Å². The number of ether oxygens (including phenoxy) is 5. The summed E-state index contributed by atoms with van der Waals surface area (Å²) in [5.41, 5.74) is 0. The van der Waals surface area contributed by atoms with Crippen LogP contribution in [-0.2, 0) is 23.7 Å². The molecule has 0 aliphatic heterocycles. The smallest absolute Gasteiger partial charge is 0.162 e. The minimum absolute atomic E-state index is 0.286. The minimum Gasteiger partial charge on any atom is -0.381 e. The van der Waals surface area contributed by atoms with E-state index in [4.69, 9.17) is 23.7 Å². The second-order valence-corrected chi connectivity index (χ2v) is 3.99. The van der Waals surface area contributed by atoms with Crippen molar-refractivity contribution >= 4 is 0 Å². The quantitative estimate of drug-likeness (QED) is 0.377. The summed E-state index contributed by atoms with van der Waals surface area (Å²) >= 11 is 0. The lowest BCUT2D eigenvalue weighted by Crippen LogP contribution is -2.25. The van der Waals surface area contributed by atoms with Crippen LogP contribution in [0.25, 0.3) is 0 Å². The van der Waals surface area contributed by atoms with Crippen LogP contribution in [0, 0.1) is 0 Å². The highest BCUT2D eigenvalue weighted by Gasteiger charge is 2.15. The molecule has 110 valence electrons. The molecule has 0 amide bonds. The normalized spacial score (nSPS) is 13.2. The summed E-state index contributed by atoms with van der Waals surface area (Å²) in [4.78, 5) is 0. The van der Waals surface area contributed by atoms with Crippen molar-refractivity contribution in [1.82, 2.24) is 0 Å². The van der Waals surface area contributed by atoms with E-state index < -0.39 is 0 Å². The summed E-state index contributed by atoms with van der Waals surface area (Å²) in [7, 11) is 4.83. The zero-order valence-corrected chi connectivity index (χ0v) is 12.1. The second kappa shape index (κ2) is 13.2. The molecule has 0 bridgehead atoms. The molecule has 0 aromatic rings. The fourth-order valence-electron chi connectivity index (χ4n) is 1.45. The number of rotatable bonds is 13. The molecule has 1 atom stereocenters. The van der Waals surface area contributed by atoms with Crippen LogP contribution in [0.5, 0.6) is 0 Å². The Morgan fingerprint density at radius 2 is 1.39 bits per heavy atom. The molecule has 0 aliphatic carbocycles. The van der Waals surface area contributed by atoms with Gasteiger partial charge in [-0.2, -0.15) is 0 Å². The second-order valence-electron chi connectivity index (χ2n) is 3.99. The molecule has 0 N–H and O–H groups in total. The van der Waals surface area contributed by atoms with Crippen molar-refractivity contribution in [2.24, 2.45) is 0 Å². The van der Waals surface area contributed by atoms with Gasteiger partial charge in [0.15, 0.2) is 12.6 Å². The average molecular weight is 264 g/mol. The van der Waals surface area contributed by atoms with Gasteiger partial charge in [-0.15, -0.1) is 0 Å². The summed E-state index contributed by atoms with van der Waals surface area (Å²) in [5, 5.41) is 0. The third-order valence-corrected chi connectivity index (χ3v) is 2.51. The lowest BCUT2D eigenvalue weighted by atomic mass is 10.3. The Hall–Kier alpha value is -0.200. The Labute approximate surface area is 111 Å². The van der Waals surface area contributed by atoms with Crippen molar-refractivity contribution in [1.29, 1.82) is 0 Å². The molecule has 0 heterocycles. The number of hydrogen-bond acceptors (Lipinski definition) is 5.